The topological polar surface area (TPSA) is 30.2 Å². The highest BCUT2D eigenvalue weighted by Crippen LogP contribution is 2.30. The summed E-state index contributed by atoms with van der Waals surface area (Å²) < 4.78 is 19.5. The first-order valence-corrected chi connectivity index (χ1v) is 5.93. The number of halogens is 1. The van der Waals surface area contributed by atoms with E-state index in [9.17, 15) is 9.18 Å². The van der Waals surface area contributed by atoms with Crippen LogP contribution in [-0.4, -0.2) is 6.29 Å². The van der Waals surface area contributed by atoms with Gasteiger partial charge in [-0.1, -0.05) is 17.7 Å². The van der Waals surface area contributed by atoms with Gasteiger partial charge in [0.1, 0.15) is 23.4 Å². The molecule has 0 saturated carbocycles. The minimum atomic E-state index is -0.458. The molecule has 0 bridgehead atoms. The smallest absolute Gasteiger partial charge is 0.150 e. The summed E-state index contributed by atoms with van der Waals surface area (Å²) in [7, 11) is 0. The van der Waals surface area contributed by atoms with Gasteiger partial charge in [0, 0.05) is 10.9 Å². The summed E-state index contributed by atoms with van der Waals surface area (Å²) in [6, 6.07) is 11.9. The summed E-state index contributed by atoms with van der Waals surface area (Å²) in [5, 5.41) is 0.939. The second-order valence-corrected chi connectivity index (χ2v) is 4.51. The number of aryl methyl sites for hydroxylation is 1. The predicted molar refractivity (Wildman–Crippen MR) is 71.7 cm³/mol. The van der Waals surface area contributed by atoms with Crippen molar-refractivity contribution < 1.29 is 13.6 Å². The van der Waals surface area contributed by atoms with Crippen molar-refractivity contribution in [2.75, 3.05) is 0 Å². The van der Waals surface area contributed by atoms with Gasteiger partial charge in [-0.25, -0.2) is 4.39 Å². The maximum atomic E-state index is 13.9. The lowest BCUT2D eigenvalue weighted by atomic mass is 10.1. The quantitative estimate of drug-likeness (QED) is 0.636. The van der Waals surface area contributed by atoms with Gasteiger partial charge in [-0.2, -0.15) is 0 Å². The van der Waals surface area contributed by atoms with E-state index in [0.717, 1.165) is 16.5 Å². The Morgan fingerprint density at radius 2 is 1.95 bits per heavy atom. The highest BCUT2D eigenvalue weighted by molar-refractivity contribution is 5.84. The van der Waals surface area contributed by atoms with Crippen molar-refractivity contribution in [1.82, 2.24) is 0 Å². The summed E-state index contributed by atoms with van der Waals surface area (Å²) in [6.45, 7) is 1.99. The van der Waals surface area contributed by atoms with Crippen LogP contribution in [0, 0.1) is 12.7 Å². The van der Waals surface area contributed by atoms with Crippen LogP contribution >= 0.6 is 0 Å². The molecular weight excluding hydrogens is 243 g/mol. The molecule has 2 nitrogen and oxygen atoms in total. The Labute approximate surface area is 109 Å². The predicted octanol–water partition coefficient (Wildman–Crippen LogP) is 4.36. The fourth-order valence-electron chi connectivity index (χ4n) is 2.10. The molecule has 0 atom stereocenters. The molecule has 3 rings (SSSR count). The second-order valence-electron chi connectivity index (χ2n) is 4.51. The van der Waals surface area contributed by atoms with Crippen molar-refractivity contribution in [2.45, 2.75) is 6.92 Å². The largest absolute Gasteiger partial charge is 0.456 e. The van der Waals surface area contributed by atoms with Crippen LogP contribution in [0.3, 0.4) is 0 Å². The molecule has 3 aromatic rings. The third kappa shape index (κ3) is 2.03. The Morgan fingerprint density at radius 3 is 2.68 bits per heavy atom. The molecule has 19 heavy (non-hydrogen) atoms. The molecule has 94 valence electrons. The summed E-state index contributed by atoms with van der Waals surface area (Å²) in [6.07, 6.45) is 0.620. The van der Waals surface area contributed by atoms with E-state index in [1.807, 2.05) is 25.1 Å². The molecule has 0 amide bonds. The molecule has 0 N–H and O–H groups in total. The third-order valence-corrected chi connectivity index (χ3v) is 3.07. The first-order valence-electron chi connectivity index (χ1n) is 5.93. The van der Waals surface area contributed by atoms with Crippen LogP contribution in [0.15, 0.2) is 46.9 Å². The van der Waals surface area contributed by atoms with E-state index in [2.05, 4.69) is 0 Å². The highest BCUT2D eigenvalue weighted by atomic mass is 19.1. The highest BCUT2D eigenvalue weighted by Gasteiger charge is 2.11. The lowest BCUT2D eigenvalue weighted by Gasteiger charge is -1.99. The first-order chi connectivity index (χ1) is 9.17. The maximum Gasteiger partial charge on any atom is 0.150 e. The fourth-order valence-corrected chi connectivity index (χ4v) is 2.10. The number of furan rings is 1. The Hall–Kier alpha value is -2.42. The van der Waals surface area contributed by atoms with Gasteiger partial charge < -0.3 is 4.42 Å². The van der Waals surface area contributed by atoms with E-state index >= 15 is 0 Å². The maximum absolute atomic E-state index is 13.9. The molecular formula is C16H11FO2. The van der Waals surface area contributed by atoms with Crippen LogP contribution in [0.1, 0.15) is 15.9 Å². The zero-order valence-electron chi connectivity index (χ0n) is 10.3. The average Bonchev–Trinajstić information content (AvgIpc) is 2.81. The zero-order valence-corrected chi connectivity index (χ0v) is 10.3. The SMILES string of the molecule is Cc1ccc2oc(-c3ccc(C=O)cc3F)cc2c1. The molecule has 0 fully saturated rings. The number of carbonyl (C=O) groups excluding carboxylic acids is 1. The molecule has 0 radical (unpaired) electrons. The van der Waals surface area contributed by atoms with Crippen molar-refractivity contribution in [2.24, 2.45) is 0 Å². The van der Waals surface area contributed by atoms with E-state index in [0.29, 0.717) is 23.2 Å². The summed E-state index contributed by atoms with van der Waals surface area (Å²) in [4.78, 5) is 10.6. The first kappa shape index (κ1) is 11.7. The zero-order chi connectivity index (χ0) is 13.4. The molecule has 0 spiro atoms. The monoisotopic (exact) mass is 254 g/mol. The average molecular weight is 254 g/mol. The molecule has 0 aliphatic rings. The summed E-state index contributed by atoms with van der Waals surface area (Å²) >= 11 is 0. The molecule has 0 aliphatic heterocycles. The van der Waals surface area contributed by atoms with E-state index < -0.39 is 5.82 Å². The Bertz CT molecular complexity index is 772. The molecule has 0 aliphatic carbocycles. The number of hydrogen-bond donors (Lipinski definition) is 0. The minimum Gasteiger partial charge on any atom is -0.456 e. The van der Waals surface area contributed by atoms with E-state index in [1.54, 1.807) is 18.2 Å². The minimum absolute atomic E-state index is 0.313. The van der Waals surface area contributed by atoms with Crippen LogP contribution in [0.2, 0.25) is 0 Å². The van der Waals surface area contributed by atoms with Crippen LogP contribution in [0.4, 0.5) is 4.39 Å². The van der Waals surface area contributed by atoms with Crippen LogP contribution in [0.25, 0.3) is 22.3 Å². The number of benzene rings is 2. The van der Waals surface area contributed by atoms with Gasteiger partial charge >= 0.3 is 0 Å². The van der Waals surface area contributed by atoms with Crippen molar-refractivity contribution >= 4 is 17.3 Å². The number of hydrogen-bond acceptors (Lipinski definition) is 2. The Balaban J connectivity index is 2.16. The van der Waals surface area contributed by atoms with Crippen molar-refractivity contribution in [3.05, 3.63) is 59.4 Å². The summed E-state index contributed by atoms with van der Waals surface area (Å²) in [5.41, 5.74) is 2.52. The second kappa shape index (κ2) is 4.35. The van der Waals surface area contributed by atoms with Crippen molar-refractivity contribution in [3.8, 4) is 11.3 Å². The van der Waals surface area contributed by atoms with Gasteiger partial charge in [0.05, 0.1) is 5.56 Å². The number of fused-ring (bicyclic) bond motifs is 1. The molecule has 2 aromatic carbocycles. The van der Waals surface area contributed by atoms with E-state index in [-0.39, 0.29) is 0 Å². The van der Waals surface area contributed by atoms with Gasteiger partial charge in [0.15, 0.2) is 0 Å². The number of rotatable bonds is 2. The number of carbonyl (C=O) groups is 1. The lowest BCUT2D eigenvalue weighted by Crippen LogP contribution is -1.86. The Kier molecular flexibility index (Phi) is 2.67. The van der Waals surface area contributed by atoms with E-state index in [1.165, 1.54) is 6.07 Å². The normalized spacial score (nSPS) is 10.8. The summed E-state index contributed by atoms with van der Waals surface area (Å²) in [5.74, 6) is 0.0101. The third-order valence-electron chi connectivity index (χ3n) is 3.07. The van der Waals surface area contributed by atoms with Gasteiger partial charge in [-0.05, 0) is 37.3 Å². The van der Waals surface area contributed by atoms with Gasteiger partial charge in [0.25, 0.3) is 0 Å². The molecule has 1 aromatic heterocycles. The number of aldehydes is 1. The molecule has 1 heterocycles. The molecule has 0 unspecified atom stereocenters. The van der Waals surface area contributed by atoms with Gasteiger partial charge in [-0.15, -0.1) is 0 Å². The molecule has 0 saturated heterocycles. The van der Waals surface area contributed by atoms with Crippen LogP contribution in [-0.2, 0) is 0 Å². The van der Waals surface area contributed by atoms with Gasteiger partial charge in [0.2, 0.25) is 0 Å². The van der Waals surface area contributed by atoms with E-state index in [4.69, 9.17) is 4.42 Å². The molecule has 3 heteroatoms. The Morgan fingerprint density at radius 1 is 1.11 bits per heavy atom. The van der Waals surface area contributed by atoms with Crippen LogP contribution < -0.4 is 0 Å². The lowest BCUT2D eigenvalue weighted by molar-refractivity contribution is 0.112. The van der Waals surface area contributed by atoms with Crippen molar-refractivity contribution in [1.29, 1.82) is 0 Å². The fraction of sp³-hybridized carbons (Fsp3) is 0.0625. The standard InChI is InChI=1S/C16H11FO2/c1-10-2-5-15-12(6-10)8-16(19-15)13-4-3-11(9-18)7-14(13)17/h2-9H,1H3. The van der Waals surface area contributed by atoms with Crippen LogP contribution in [0.5, 0.6) is 0 Å². The van der Waals surface area contributed by atoms with Crippen molar-refractivity contribution in [3.63, 3.8) is 0 Å². The van der Waals surface area contributed by atoms with Gasteiger partial charge in [-0.3, -0.25) is 4.79 Å².